The molecule has 18 heavy (non-hydrogen) atoms. The summed E-state index contributed by atoms with van der Waals surface area (Å²) in [6, 6.07) is 6.69. The van der Waals surface area contributed by atoms with Crippen LogP contribution in [0.25, 0.3) is 0 Å². The summed E-state index contributed by atoms with van der Waals surface area (Å²) in [4.78, 5) is 4.79. The van der Waals surface area contributed by atoms with Crippen molar-refractivity contribution in [2.24, 2.45) is 10.4 Å². The van der Waals surface area contributed by atoms with Crippen molar-refractivity contribution in [2.75, 3.05) is 0 Å². The standard InChI is InChI=1S/C16H23NO/c1-10-7-11(2)9-13(8-10)15-17-14(12(3)18-15)16(4,5)6/h7-9,12,14H,1-6H3/t12-,14-/m0/s1. The molecule has 2 rings (SSSR count). The monoisotopic (exact) mass is 245 g/mol. The molecule has 0 unspecified atom stereocenters. The first kappa shape index (κ1) is 13.1. The fourth-order valence-corrected chi connectivity index (χ4v) is 2.64. The van der Waals surface area contributed by atoms with Crippen LogP contribution in [0, 0.1) is 19.3 Å². The van der Waals surface area contributed by atoms with Gasteiger partial charge in [0.2, 0.25) is 5.90 Å². The Kier molecular flexibility index (Phi) is 3.22. The first-order valence-electron chi connectivity index (χ1n) is 6.60. The maximum Gasteiger partial charge on any atom is 0.216 e. The van der Waals surface area contributed by atoms with Crippen LogP contribution in [-0.2, 0) is 4.74 Å². The molecular formula is C16H23NO. The quantitative estimate of drug-likeness (QED) is 0.735. The number of aliphatic imine (C=N–C) groups is 1. The number of hydrogen-bond donors (Lipinski definition) is 0. The van der Waals surface area contributed by atoms with Gasteiger partial charge >= 0.3 is 0 Å². The molecule has 2 heteroatoms. The van der Waals surface area contributed by atoms with E-state index in [1.807, 2.05) is 0 Å². The van der Waals surface area contributed by atoms with E-state index in [9.17, 15) is 0 Å². The van der Waals surface area contributed by atoms with Crippen LogP contribution in [0.15, 0.2) is 23.2 Å². The van der Waals surface area contributed by atoms with Gasteiger partial charge in [-0.3, -0.25) is 0 Å². The van der Waals surface area contributed by atoms with Gasteiger partial charge < -0.3 is 4.74 Å². The van der Waals surface area contributed by atoms with Gasteiger partial charge in [-0.2, -0.15) is 0 Å². The number of ether oxygens (including phenoxy) is 1. The van der Waals surface area contributed by atoms with Gasteiger partial charge in [0.1, 0.15) is 6.10 Å². The van der Waals surface area contributed by atoms with E-state index < -0.39 is 0 Å². The van der Waals surface area contributed by atoms with Crippen LogP contribution in [0.4, 0.5) is 0 Å². The highest BCUT2D eigenvalue weighted by molar-refractivity contribution is 5.95. The van der Waals surface area contributed by atoms with Crippen molar-refractivity contribution >= 4 is 5.90 Å². The number of nitrogens with zero attached hydrogens (tertiary/aromatic N) is 1. The summed E-state index contributed by atoms with van der Waals surface area (Å²) in [6.07, 6.45) is 0.154. The SMILES string of the molecule is Cc1cc(C)cc(C2=N[C@H](C(C)(C)C)[C@H](C)O2)c1. The van der Waals surface area contributed by atoms with E-state index in [1.165, 1.54) is 11.1 Å². The number of hydrogen-bond acceptors (Lipinski definition) is 2. The summed E-state index contributed by atoms with van der Waals surface area (Å²) in [5.74, 6) is 0.800. The van der Waals surface area contributed by atoms with Crippen LogP contribution in [0.2, 0.25) is 0 Å². The lowest BCUT2D eigenvalue weighted by atomic mass is 9.84. The van der Waals surface area contributed by atoms with Crippen LogP contribution in [-0.4, -0.2) is 18.0 Å². The van der Waals surface area contributed by atoms with E-state index in [0.29, 0.717) is 0 Å². The third-order valence-electron chi connectivity index (χ3n) is 3.35. The first-order chi connectivity index (χ1) is 8.27. The van der Waals surface area contributed by atoms with Gasteiger partial charge in [-0.25, -0.2) is 4.99 Å². The van der Waals surface area contributed by atoms with Gasteiger partial charge in [0, 0.05) is 5.56 Å². The Labute approximate surface area is 110 Å². The molecule has 0 N–H and O–H groups in total. The Morgan fingerprint density at radius 3 is 2.06 bits per heavy atom. The molecule has 0 radical (unpaired) electrons. The summed E-state index contributed by atoms with van der Waals surface area (Å²) in [7, 11) is 0. The Morgan fingerprint density at radius 1 is 1.06 bits per heavy atom. The Bertz CT molecular complexity index is 462. The lowest BCUT2D eigenvalue weighted by Crippen LogP contribution is -2.32. The largest absolute Gasteiger partial charge is 0.472 e. The molecule has 2 atom stereocenters. The van der Waals surface area contributed by atoms with Gasteiger partial charge in [-0.15, -0.1) is 0 Å². The fraction of sp³-hybridized carbons (Fsp3) is 0.562. The molecule has 0 amide bonds. The summed E-state index contributed by atoms with van der Waals surface area (Å²) < 4.78 is 5.95. The van der Waals surface area contributed by atoms with E-state index in [2.05, 4.69) is 59.7 Å². The van der Waals surface area contributed by atoms with E-state index in [4.69, 9.17) is 9.73 Å². The molecule has 0 fully saturated rings. The molecule has 1 heterocycles. The zero-order chi connectivity index (χ0) is 13.5. The van der Waals surface area contributed by atoms with E-state index in [0.717, 1.165) is 11.5 Å². The lowest BCUT2D eigenvalue weighted by molar-refractivity contribution is 0.154. The number of benzene rings is 1. The van der Waals surface area contributed by atoms with E-state index >= 15 is 0 Å². The molecule has 0 bridgehead atoms. The zero-order valence-electron chi connectivity index (χ0n) is 12.2. The maximum atomic E-state index is 5.95. The average molecular weight is 245 g/mol. The van der Waals surface area contributed by atoms with Crippen LogP contribution in [0.1, 0.15) is 44.4 Å². The van der Waals surface area contributed by atoms with Crippen molar-refractivity contribution in [1.82, 2.24) is 0 Å². The van der Waals surface area contributed by atoms with Gasteiger partial charge in [-0.05, 0) is 38.3 Å². The van der Waals surface area contributed by atoms with Crippen molar-refractivity contribution in [3.8, 4) is 0 Å². The van der Waals surface area contributed by atoms with Crippen molar-refractivity contribution in [3.63, 3.8) is 0 Å². The lowest BCUT2D eigenvalue weighted by Gasteiger charge is -2.26. The van der Waals surface area contributed by atoms with Gasteiger partial charge in [0.25, 0.3) is 0 Å². The second-order valence-electron chi connectivity index (χ2n) is 6.44. The molecule has 1 aliphatic rings. The second-order valence-corrected chi connectivity index (χ2v) is 6.44. The van der Waals surface area contributed by atoms with Crippen LogP contribution >= 0.6 is 0 Å². The Hall–Kier alpha value is -1.31. The summed E-state index contributed by atoms with van der Waals surface area (Å²) in [5, 5.41) is 0. The number of rotatable bonds is 1. The minimum atomic E-state index is 0.139. The van der Waals surface area contributed by atoms with Crippen molar-refractivity contribution in [1.29, 1.82) is 0 Å². The third kappa shape index (κ3) is 2.58. The van der Waals surface area contributed by atoms with E-state index in [1.54, 1.807) is 0 Å². The fourth-order valence-electron chi connectivity index (χ4n) is 2.64. The molecule has 0 spiro atoms. The molecule has 1 aliphatic heterocycles. The minimum Gasteiger partial charge on any atom is -0.472 e. The molecule has 2 nitrogen and oxygen atoms in total. The van der Waals surface area contributed by atoms with E-state index in [-0.39, 0.29) is 17.6 Å². The number of aryl methyl sites for hydroxylation is 2. The molecule has 0 aromatic heterocycles. The molecular weight excluding hydrogens is 222 g/mol. The summed E-state index contributed by atoms with van der Waals surface area (Å²) in [6.45, 7) is 13.0. The predicted molar refractivity (Wildman–Crippen MR) is 76.2 cm³/mol. The second kappa shape index (κ2) is 4.42. The normalized spacial score (nSPS) is 23.8. The highest BCUT2D eigenvalue weighted by Crippen LogP contribution is 2.31. The first-order valence-corrected chi connectivity index (χ1v) is 6.60. The predicted octanol–water partition coefficient (Wildman–Crippen LogP) is 3.88. The summed E-state index contributed by atoms with van der Waals surface area (Å²) in [5.41, 5.74) is 3.75. The maximum absolute atomic E-state index is 5.95. The van der Waals surface area contributed by atoms with Gasteiger partial charge in [0.15, 0.2) is 0 Å². The molecule has 0 aliphatic carbocycles. The van der Waals surface area contributed by atoms with Crippen molar-refractivity contribution < 1.29 is 4.74 Å². The average Bonchev–Trinajstić information content (AvgIpc) is 2.58. The third-order valence-corrected chi connectivity index (χ3v) is 3.35. The van der Waals surface area contributed by atoms with Gasteiger partial charge in [0.05, 0.1) is 6.04 Å². The highest BCUT2D eigenvalue weighted by atomic mass is 16.5. The minimum absolute atomic E-state index is 0.139. The smallest absolute Gasteiger partial charge is 0.216 e. The molecule has 1 aromatic carbocycles. The molecule has 1 aromatic rings. The summed E-state index contributed by atoms with van der Waals surface area (Å²) >= 11 is 0. The molecule has 0 saturated heterocycles. The molecule has 98 valence electrons. The highest BCUT2D eigenvalue weighted by Gasteiger charge is 2.36. The van der Waals surface area contributed by atoms with Crippen LogP contribution in [0.5, 0.6) is 0 Å². The Balaban J connectivity index is 2.35. The van der Waals surface area contributed by atoms with Crippen LogP contribution in [0.3, 0.4) is 0 Å². The van der Waals surface area contributed by atoms with Crippen molar-refractivity contribution in [2.45, 2.75) is 53.7 Å². The zero-order valence-corrected chi connectivity index (χ0v) is 12.2. The van der Waals surface area contributed by atoms with Crippen LogP contribution < -0.4 is 0 Å². The topological polar surface area (TPSA) is 21.6 Å². The Morgan fingerprint density at radius 2 is 1.61 bits per heavy atom. The van der Waals surface area contributed by atoms with Gasteiger partial charge in [-0.1, -0.05) is 38.0 Å². The van der Waals surface area contributed by atoms with Crippen molar-refractivity contribution in [3.05, 3.63) is 34.9 Å². The molecule has 0 saturated carbocycles.